The van der Waals surface area contributed by atoms with E-state index >= 15 is 0 Å². The summed E-state index contributed by atoms with van der Waals surface area (Å²) >= 11 is 5.70. The van der Waals surface area contributed by atoms with Crippen molar-refractivity contribution in [3.05, 3.63) is 33.3 Å². The van der Waals surface area contributed by atoms with Crippen LogP contribution in [0.1, 0.15) is 13.3 Å². The Labute approximate surface area is 140 Å². The summed E-state index contributed by atoms with van der Waals surface area (Å²) in [5.74, 6) is 0.111. The standard InChI is InChI=1S/C12H16ClN3O4S.ClH/c1-8-7-14-5-4-10(8)15-21(19,20)12-3-2-9(13)6-11(12)16(17)18;/h2-3,6,8,10,14-15H,4-5,7H2,1H3;1H. The number of hydrogen-bond acceptors (Lipinski definition) is 5. The van der Waals surface area contributed by atoms with Gasteiger partial charge in [0.1, 0.15) is 0 Å². The Bertz CT molecular complexity index is 654. The second-order valence-electron chi connectivity index (χ2n) is 5.07. The summed E-state index contributed by atoms with van der Waals surface area (Å²) in [7, 11) is -3.96. The third-order valence-electron chi connectivity index (χ3n) is 3.50. The molecule has 7 nitrogen and oxygen atoms in total. The minimum atomic E-state index is -3.96. The van der Waals surface area contributed by atoms with Crippen molar-refractivity contribution >= 4 is 39.7 Å². The van der Waals surface area contributed by atoms with Crippen molar-refractivity contribution in [1.82, 2.24) is 10.0 Å². The maximum atomic E-state index is 12.4. The van der Waals surface area contributed by atoms with Crippen molar-refractivity contribution in [2.24, 2.45) is 5.92 Å². The number of nitro groups is 1. The number of benzene rings is 1. The lowest BCUT2D eigenvalue weighted by molar-refractivity contribution is -0.387. The quantitative estimate of drug-likeness (QED) is 0.623. The number of nitrogens with one attached hydrogen (secondary N) is 2. The molecule has 2 unspecified atom stereocenters. The Morgan fingerprint density at radius 1 is 1.45 bits per heavy atom. The lowest BCUT2D eigenvalue weighted by atomic mass is 9.97. The topological polar surface area (TPSA) is 101 Å². The van der Waals surface area contributed by atoms with Gasteiger partial charge in [0.25, 0.3) is 5.69 Å². The number of nitrogens with zero attached hydrogens (tertiary/aromatic N) is 1. The fraction of sp³-hybridized carbons (Fsp3) is 0.500. The highest BCUT2D eigenvalue weighted by atomic mass is 35.5. The van der Waals surface area contributed by atoms with Gasteiger partial charge in [-0.15, -0.1) is 12.4 Å². The lowest BCUT2D eigenvalue weighted by Crippen LogP contribution is -2.48. The van der Waals surface area contributed by atoms with Crippen LogP contribution in [0.15, 0.2) is 23.1 Å². The van der Waals surface area contributed by atoms with Crippen LogP contribution in [-0.2, 0) is 10.0 Å². The van der Waals surface area contributed by atoms with E-state index in [1.807, 2.05) is 6.92 Å². The molecule has 1 heterocycles. The van der Waals surface area contributed by atoms with Crippen LogP contribution in [0, 0.1) is 16.0 Å². The number of piperidine rings is 1. The van der Waals surface area contributed by atoms with Gasteiger partial charge in [0, 0.05) is 17.1 Å². The van der Waals surface area contributed by atoms with Gasteiger partial charge < -0.3 is 5.32 Å². The summed E-state index contributed by atoms with van der Waals surface area (Å²) in [5, 5.41) is 14.3. The van der Waals surface area contributed by atoms with E-state index < -0.39 is 20.6 Å². The molecule has 2 rings (SSSR count). The molecule has 0 aliphatic carbocycles. The first-order chi connectivity index (χ1) is 9.81. The first kappa shape index (κ1) is 19.1. The zero-order chi connectivity index (χ0) is 15.6. The molecule has 124 valence electrons. The van der Waals surface area contributed by atoms with E-state index in [0.29, 0.717) is 19.5 Å². The van der Waals surface area contributed by atoms with Crippen LogP contribution in [0.5, 0.6) is 0 Å². The summed E-state index contributed by atoms with van der Waals surface area (Å²) in [6.07, 6.45) is 0.641. The average Bonchev–Trinajstić information content (AvgIpc) is 2.40. The molecule has 0 bridgehead atoms. The molecule has 22 heavy (non-hydrogen) atoms. The van der Waals surface area contributed by atoms with Crippen molar-refractivity contribution in [3.63, 3.8) is 0 Å². The van der Waals surface area contributed by atoms with Crippen molar-refractivity contribution in [3.8, 4) is 0 Å². The van der Waals surface area contributed by atoms with E-state index in [2.05, 4.69) is 10.0 Å². The zero-order valence-corrected chi connectivity index (χ0v) is 14.2. The predicted octanol–water partition coefficient (Wildman–Crippen LogP) is 1.95. The molecule has 1 aromatic carbocycles. The zero-order valence-electron chi connectivity index (χ0n) is 11.8. The highest BCUT2D eigenvalue weighted by Crippen LogP contribution is 2.28. The number of nitro benzene ring substituents is 1. The second-order valence-corrected chi connectivity index (χ2v) is 7.19. The monoisotopic (exact) mass is 369 g/mol. The first-order valence-corrected chi connectivity index (χ1v) is 8.34. The van der Waals surface area contributed by atoms with Crippen molar-refractivity contribution in [1.29, 1.82) is 0 Å². The van der Waals surface area contributed by atoms with E-state index in [1.54, 1.807) is 0 Å². The van der Waals surface area contributed by atoms with Crippen LogP contribution >= 0.6 is 24.0 Å². The molecule has 10 heteroatoms. The Morgan fingerprint density at radius 2 is 2.14 bits per heavy atom. The Hall–Kier alpha value is -0.930. The van der Waals surface area contributed by atoms with Crippen LogP contribution < -0.4 is 10.0 Å². The van der Waals surface area contributed by atoms with Gasteiger partial charge in [0.15, 0.2) is 4.90 Å². The smallest absolute Gasteiger partial charge is 0.290 e. The third kappa shape index (κ3) is 4.30. The molecule has 1 saturated heterocycles. The maximum Gasteiger partial charge on any atom is 0.290 e. The summed E-state index contributed by atoms with van der Waals surface area (Å²) in [6.45, 7) is 3.34. The maximum absolute atomic E-state index is 12.4. The molecule has 0 radical (unpaired) electrons. The van der Waals surface area contributed by atoms with Gasteiger partial charge in [-0.05, 0) is 37.6 Å². The van der Waals surface area contributed by atoms with E-state index in [1.165, 1.54) is 6.07 Å². The van der Waals surface area contributed by atoms with Crippen molar-refractivity contribution < 1.29 is 13.3 Å². The SMILES string of the molecule is CC1CNCCC1NS(=O)(=O)c1ccc(Cl)cc1[N+](=O)[O-].Cl. The summed E-state index contributed by atoms with van der Waals surface area (Å²) in [5.41, 5.74) is -0.517. The molecule has 1 fully saturated rings. The second kappa shape index (κ2) is 7.56. The number of hydrogen-bond donors (Lipinski definition) is 2. The normalized spacial score (nSPS) is 21.9. The highest BCUT2D eigenvalue weighted by molar-refractivity contribution is 7.89. The average molecular weight is 370 g/mol. The molecule has 1 aromatic rings. The molecule has 0 aromatic heterocycles. The first-order valence-electron chi connectivity index (χ1n) is 6.48. The summed E-state index contributed by atoms with van der Waals surface area (Å²) in [4.78, 5) is 9.92. The van der Waals surface area contributed by atoms with Crippen molar-refractivity contribution in [2.45, 2.75) is 24.3 Å². The summed E-state index contributed by atoms with van der Waals surface area (Å²) < 4.78 is 27.4. The van der Waals surface area contributed by atoms with E-state index in [9.17, 15) is 18.5 Å². The molecule has 2 atom stereocenters. The van der Waals surface area contributed by atoms with Gasteiger partial charge >= 0.3 is 0 Å². The van der Waals surface area contributed by atoms with Gasteiger partial charge in [0.05, 0.1) is 4.92 Å². The number of rotatable bonds is 4. The molecule has 1 aliphatic heterocycles. The fourth-order valence-corrected chi connectivity index (χ4v) is 4.01. The molecular weight excluding hydrogens is 353 g/mol. The van der Waals surface area contributed by atoms with Gasteiger partial charge in [-0.25, -0.2) is 13.1 Å². The van der Waals surface area contributed by atoms with Crippen LogP contribution in [0.2, 0.25) is 5.02 Å². The van der Waals surface area contributed by atoms with Crippen molar-refractivity contribution in [2.75, 3.05) is 13.1 Å². The van der Waals surface area contributed by atoms with Gasteiger partial charge in [-0.2, -0.15) is 0 Å². The predicted molar refractivity (Wildman–Crippen MR) is 86.1 cm³/mol. The Morgan fingerprint density at radius 3 is 2.73 bits per heavy atom. The van der Waals surface area contributed by atoms with Crippen LogP contribution in [0.3, 0.4) is 0 Å². The number of halogens is 2. The summed E-state index contributed by atoms with van der Waals surface area (Å²) in [6, 6.07) is 3.29. The molecule has 0 saturated carbocycles. The van der Waals surface area contributed by atoms with E-state index in [0.717, 1.165) is 12.1 Å². The number of sulfonamides is 1. The third-order valence-corrected chi connectivity index (χ3v) is 5.27. The lowest BCUT2D eigenvalue weighted by Gasteiger charge is -2.29. The van der Waals surface area contributed by atoms with Crippen LogP contribution in [-0.4, -0.2) is 32.5 Å². The fourth-order valence-electron chi connectivity index (χ4n) is 2.31. The van der Waals surface area contributed by atoms with Crippen LogP contribution in [0.25, 0.3) is 0 Å². The molecular formula is C12H17Cl2N3O4S. The van der Waals surface area contributed by atoms with Crippen LogP contribution in [0.4, 0.5) is 5.69 Å². The Kier molecular flexibility index (Phi) is 6.57. The minimum Gasteiger partial charge on any atom is -0.316 e. The Balaban J connectivity index is 0.00000242. The van der Waals surface area contributed by atoms with E-state index in [4.69, 9.17) is 11.6 Å². The van der Waals surface area contributed by atoms with Gasteiger partial charge in [0.2, 0.25) is 10.0 Å². The minimum absolute atomic E-state index is 0. The van der Waals surface area contributed by atoms with E-state index in [-0.39, 0.29) is 34.3 Å². The molecule has 0 spiro atoms. The molecule has 1 aliphatic rings. The highest BCUT2D eigenvalue weighted by Gasteiger charge is 2.31. The molecule has 2 N–H and O–H groups in total. The van der Waals surface area contributed by atoms with Gasteiger partial charge in [-0.3, -0.25) is 10.1 Å². The van der Waals surface area contributed by atoms with Gasteiger partial charge in [-0.1, -0.05) is 18.5 Å². The molecule has 0 amide bonds. The largest absolute Gasteiger partial charge is 0.316 e.